The lowest BCUT2D eigenvalue weighted by atomic mass is 10.0. The smallest absolute Gasteiger partial charge is 0.325 e. The lowest BCUT2D eigenvalue weighted by Crippen LogP contribution is -2.51. The first kappa shape index (κ1) is 20.2. The minimum Gasteiger partial charge on any atom is -0.480 e. The number of halogens is 1. The van der Waals surface area contributed by atoms with E-state index in [1.54, 1.807) is 19.4 Å². The number of benzene rings is 1. The molecule has 0 saturated carbocycles. The second-order valence-corrected chi connectivity index (χ2v) is 6.83. The average molecular weight is 392 g/mol. The van der Waals surface area contributed by atoms with Crippen molar-refractivity contribution in [2.24, 2.45) is 0 Å². The summed E-state index contributed by atoms with van der Waals surface area (Å²) in [6.45, 7) is 3.46. The maximum atomic E-state index is 13.4. The molecular weight excluding hydrogens is 367 g/mol. The predicted octanol–water partition coefficient (Wildman–Crippen LogP) is 0.813. The van der Waals surface area contributed by atoms with Crippen molar-refractivity contribution in [3.63, 3.8) is 0 Å². The molecule has 0 spiro atoms. The first-order valence-electron chi connectivity index (χ1n) is 9.21. The van der Waals surface area contributed by atoms with Crippen molar-refractivity contribution < 1.29 is 23.8 Å². The number of aliphatic carboxylic acids is 1. The number of nitrogens with zero attached hydrogens (tertiary/aromatic N) is 2. The highest BCUT2D eigenvalue weighted by Crippen LogP contribution is 2.29. The highest BCUT2D eigenvalue weighted by Gasteiger charge is 2.32. The van der Waals surface area contributed by atoms with Gasteiger partial charge in [-0.05, 0) is 18.2 Å². The molecule has 28 heavy (non-hydrogen) atoms. The van der Waals surface area contributed by atoms with Gasteiger partial charge >= 0.3 is 5.97 Å². The van der Waals surface area contributed by atoms with E-state index >= 15 is 0 Å². The van der Waals surface area contributed by atoms with Crippen molar-refractivity contribution in [3.05, 3.63) is 35.8 Å². The number of methoxy groups -OCH3 is 1. The summed E-state index contributed by atoms with van der Waals surface area (Å²) in [6, 6.07) is 3.47. The molecule has 1 fully saturated rings. The Labute approximate surface area is 162 Å². The van der Waals surface area contributed by atoms with Gasteiger partial charge in [0.05, 0.1) is 13.2 Å². The SMILES string of the molecule is COCCNC(=O)CN1CCN([C@@H](C(=O)O)c2c[nH]c3cc(F)ccc23)CC1. The molecule has 1 aliphatic rings. The molecule has 3 N–H and O–H groups in total. The topological polar surface area (TPSA) is 97.9 Å². The molecule has 1 atom stereocenters. The number of amides is 1. The number of aromatic amines is 1. The summed E-state index contributed by atoms with van der Waals surface area (Å²) in [5.74, 6) is -1.39. The number of hydrogen-bond donors (Lipinski definition) is 3. The number of ether oxygens (including phenoxy) is 1. The summed E-state index contributed by atoms with van der Waals surface area (Å²) < 4.78 is 18.3. The van der Waals surface area contributed by atoms with E-state index in [9.17, 15) is 19.1 Å². The molecular formula is C19H25FN4O4. The van der Waals surface area contributed by atoms with Crippen LogP contribution in [-0.4, -0.2) is 84.8 Å². The third-order valence-electron chi connectivity index (χ3n) is 4.97. The van der Waals surface area contributed by atoms with E-state index in [4.69, 9.17) is 4.74 Å². The average Bonchev–Trinajstić information content (AvgIpc) is 3.06. The van der Waals surface area contributed by atoms with Gasteiger partial charge in [-0.3, -0.25) is 19.4 Å². The Morgan fingerprint density at radius 3 is 2.75 bits per heavy atom. The molecule has 8 nitrogen and oxygen atoms in total. The number of carboxylic acids is 1. The Bertz CT molecular complexity index is 832. The number of aromatic nitrogens is 1. The van der Waals surface area contributed by atoms with E-state index in [0.717, 1.165) is 0 Å². The maximum absolute atomic E-state index is 13.4. The van der Waals surface area contributed by atoms with Crippen molar-refractivity contribution in [1.82, 2.24) is 20.1 Å². The summed E-state index contributed by atoms with van der Waals surface area (Å²) in [4.78, 5) is 30.8. The first-order valence-corrected chi connectivity index (χ1v) is 9.21. The zero-order valence-electron chi connectivity index (χ0n) is 15.8. The van der Waals surface area contributed by atoms with Gasteiger partial charge in [0.2, 0.25) is 5.91 Å². The van der Waals surface area contributed by atoms with E-state index in [1.165, 1.54) is 12.1 Å². The number of fused-ring (bicyclic) bond motifs is 1. The molecule has 1 amide bonds. The van der Waals surface area contributed by atoms with Gasteiger partial charge in [0, 0.05) is 62.5 Å². The van der Waals surface area contributed by atoms with Gasteiger partial charge in [-0.1, -0.05) is 0 Å². The van der Waals surface area contributed by atoms with Crippen molar-refractivity contribution >= 4 is 22.8 Å². The fraction of sp³-hybridized carbons (Fsp3) is 0.474. The van der Waals surface area contributed by atoms with Crippen LogP contribution >= 0.6 is 0 Å². The van der Waals surface area contributed by atoms with Crippen LogP contribution in [0.3, 0.4) is 0 Å². The van der Waals surface area contributed by atoms with Crippen LogP contribution in [0.4, 0.5) is 4.39 Å². The minimum absolute atomic E-state index is 0.0704. The fourth-order valence-corrected chi connectivity index (χ4v) is 3.56. The van der Waals surface area contributed by atoms with Crippen LogP contribution in [0, 0.1) is 5.82 Å². The quantitative estimate of drug-likeness (QED) is 0.576. The molecule has 1 saturated heterocycles. The maximum Gasteiger partial charge on any atom is 0.325 e. The van der Waals surface area contributed by atoms with Gasteiger partial charge < -0.3 is 20.1 Å². The van der Waals surface area contributed by atoms with Gasteiger partial charge in [0.1, 0.15) is 11.9 Å². The highest BCUT2D eigenvalue weighted by molar-refractivity contribution is 5.89. The van der Waals surface area contributed by atoms with Crippen LogP contribution in [0.1, 0.15) is 11.6 Å². The standard InChI is InChI=1S/C19H25FN4O4/c1-28-9-4-21-17(25)12-23-5-7-24(8-6-23)18(19(26)27)15-11-22-16-10-13(20)2-3-14(15)16/h2-3,10-11,18,22H,4-9,12H2,1H3,(H,21,25)(H,26,27)/t18-/m1/s1. The van der Waals surface area contributed by atoms with Gasteiger partial charge in [-0.2, -0.15) is 0 Å². The zero-order valence-corrected chi connectivity index (χ0v) is 15.8. The minimum atomic E-state index is -0.948. The number of nitrogens with one attached hydrogen (secondary N) is 2. The molecule has 0 bridgehead atoms. The predicted molar refractivity (Wildman–Crippen MR) is 102 cm³/mol. The molecule has 152 valence electrons. The molecule has 1 aromatic heterocycles. The van der Waals surface area contributed by atoms with E-state index in [0.29, 0.717) is 55.8 Å². The molecule has 0 unspecified atom stereocenters. The van der Waals surface area contributed by atoms with Crippen LogP contribution in [0.25, 0.3) is 10.9 Å². The second-order valence-electron chi connectivity index (χ2n) is 6.83. The van der Waals surface area contributed by atoms with Crippen molar-refractivity contribution in [3.8, 4) is 0 Å². The molecule has 0 radical (unpaired) electrons. The van der Waals surface area contributed by atoms with Gasteiger partial charge in [0.25, 0.3) is 0 Å². The van der Waals surface area contributed by atoms with Crippen LogP contribution < -0.4 is 5.32 Å². The third kappa shape index (κ3) is 4.67. The number of carboxylic acid groups (broad SMARTS) is 1. The van der Waals surface area contributed by atoms with Gasteiger partial charge in [-0.25, -0.2) is 4.39 Å². The summed E-state index contributed by atoms with van der Waals surface area (Å²) >= 11 is 0. The molecule has 2 aromatic rings. The van der Waals surface area contributed by atoms with Crippen molar-refractivity contribution in [2.75, 3.05) is 53.0 Å². The van der Waals surface area contributed by atoms with E-state index in [-0.39, 0.29) is 18.3 Å². The molecule has 1 aromatic carbocycles. The Hall–Kier alpha value is -2.49. The number of H-pyrrole nitrogens is 1. The van der Waals surface area contributed by atoms with E-state index in [2.05, 4.69) is 10.3 Å². The monoisotopic (exact) mass is 392 g/mol. The van der Waals surface area contributed by atoms with Gasteiger partial charge in [-0.15, -0.1) is 0 Å². The highest BCUT2D eigenvalue weighted by atomic mass is 19.1. The second kappa shape index (κ2) is 9.13. The summed E-state index contributed by atoms with van der Waals surface area (Å²) in [7, 11) is 1.58. The zero-order chi connectivity index (χ0) is 20.1. The summed E-state index contributed by atoms with van der Waals surface area (Å²) in [6.07, 6.45) is 1.64. The van der Waals surface area contributed by atoms with Crippen LogP contribution in [0.2, 0.25) is 0 Å². The number of rotatable bonds is 8. The van der Waals surface area contributed by atoms with Crippen molar-refractivity contribution in [1.29, 1.82) is 0 Å². The molecule has 0 aliphatic carbocycles. The normalized spacial score (nSPS) is 16.9. The molecule has 2 heterocycles. The van der Waals surface area contributed by atoms with Gasteiger partial charge in [0.15, 0.2) is 0 Å². The lowest BCUT2D eigenvalue weighted by molar-refractivity contribution is -0.144. The molecule has 3 rings (SSSR count). The molecule has 9 heteroatoms. The Morgan fingerprint density at radius 1 is 1.32 bits per heavy atom. The number of carbonyl (C=O) groups is 2. The van der Waals surface area contributed by atoms with Crippen LogP contribution in [0.15, 0.2) is 24.4 Å². The Balaban J connectivity index is 1.63. The fourth-order valence-electron chi connectivity index (χ4n) is 3.56. The van der Waals surface area contributed by atoms with Crippen LogP contribution in [0.5, 0.6) is 0 Å². The Morgan fingerprint density at radius 2 is 2.07 bits per heavy atom. The largest absolute Gasteiger partial charge is 0.480 e. The third-order valence-corrected chi connectivity index (χ3v) is 4.97. The first-order chi connectivity index (χ1) is 13.5. The summed E-state index contributed by atoms with van der Waals surface area (Å²) in [5.41, 5.74) is 1.20. The lowest BCUT2D eigenvalue weighted by Gasteiger charge is -2.37. The Kier molecular flexibility index (Phi) is 6.61. The number of hydrogen-bond acceptors (Lipinski definition) is 5. The van der Waals surface area contributed by atoms with Crippen molar-refractivity contribution in [2.45, 2.75) is 6.04 Å². The van der Waals surface area contributed by atoms with E-state index < -0.39 is 12.0 Å². The van der Waals surface area contributed by atoms with Crippen LogP contribution in [-0.2, 0) is 14.3 Å². The number of carbonyl (C=O) groups excluding carboxylic acids is 1. The van der Waals surface area contributed by atoms with E-state index in [1.807, 2.05) is 9.80 Å². The molecule has 1 aliphatic heterocycles. The number of piperazine rings is 1. The summed E-state index contributed by atoms with van der Waals surface area (Å²) in [5, 5.41) is 13.3.